The Morgan fingerprint density at radius 3 is 2.17 bits per heavy atom. The lowest BCUT2D eigenvalue weighted by molar-refractivity contribution is 0.404. The predicted molar refractivity (Wildman–Crippen MR) is 113 cm³/mol. The van der Waals surface area contributed by atoms with Crippen LogP contribution in [0.3, 0.4) is 0 Å². The van der Waals surface area contributed by atoms with E-state index in [0.29, 0.717) is 22.1 Å². The predicted octanol–water partition coefficient (Wildman–Crippen LogP) is 4.53. The summed E-state index contributed by atoms with van der Waals surface area (Å²) < 4.78 is 5.79. The lowest BCUT2D eigenvalue weighted by atomic mass is 9.93. The average molecular weight is 391 g/mol. The maximum Gasteiger partial charge on any atom is 0.223 e. The molecule has 2 aromatic rings. The Labute approximate surface area is 167 Å². The molecule has 148 valence electrons. The lowest BCUT2D eigenvalue weighted by Crippen LogP contribution is -2.21. The molecule has 1 aliphatic carbocycles. The molecule has 4 rings (SSSR count). The lowest BCUT2D eigenvalue weighted by Gasteiger charge is -2.22. The fourth-order valence-electron chi connectivity index (χ4n) is 3.67. The Hall–Kier alpha value is -3.67. The molecule has 2 aromatic carbocycles. The van der Waals surface area contributed by atoms with Gasteiger partial charge in [0.15, 0.2) is 17.2 Å². The Morgan fingerprint density at radius 1 is 0.862 bits per heavy atom. The third-order valence-electron chi connectivity index (χ3n) is 5.18. The van der Waals surface area contributed by atoms with E-state index in [1.54, 1.807) is 0 Å². The van der Waals surface area contributed by atoms with E-state index in [9.17, 15) is 20.1 Å². The monoisotopic (exact) mass is 391 g/mol. The van der Waals surface area contributed by atoms with Gasteiger partial charge in [0, 0.05) is 47.4 Å². The van der Waals surface area contributed by atoms with Crippen LogP contribution in [0.1, 0.15) is 13.8 Å². The quantitative estimate of drug-likeness (QED) is 0.350. The van der Waals surface area contributed by atoms with Gasteiger partial charge in [-0.3, -0.25) is 4.79 Å². The number of phenols is 3. The van der Waals surface area contributed by atoms with Crippen LogP contribution < -0.4 is 10.3 Å². The van der Waals surface area contributed by atoms with Crippen LogP contribution in [0.25, 0.3) is 33.4 Å². The van der Waals surface area contributed by atoms with E-state index < -0.39 is 5.43 Å². The Kier molecular flexibility index (Phi) is 4.54. The van der Waals surface area contributed by atoms with Crippen molar-refractivity contribution in [2.24, 2.45) is 0 Å². The third-order valence-corrected chi connectivity index (χ3v) is 5.18. The molecule has 0 spiro atoms. The first-order valence-corrected chi connectivity index (χ1v) is 9.43. The molecule has 6 heteroatoms. The van der Waals surface area contributed by atoms with Crippen molar-refractivity contribution < 1.29 is 19.7 Å². The normalized spacial score (nSPS) is 11.2. The Balaban J connectivity index is 2.04. The smallest absolute Gasteiger partial charge is 0.223 e. The van der Waals surface area contributed by atoms with Crippen LogP contribution >= 0.6 is 0 Å². The van der Waals surface area contributed by atoms with Crippen LogP contribution in [0.15, 0.2) is 57.7 Å². The molecular weight excluding hydrogens is 370 g/mol. The highest BCUT2D eigenvalue weighted by molar-refractivity contribution is 6.03. The number of hydrogen-bond acceptors (Lipinski definition) is 6. The van der Waals surface area contributed by atoms with E-state index in [0.717, 1.165) is 24.3 Å². The topological polar surface area (TPSA) is 94.1 Å². The van der Waals surface area contributed by atoms with Crippen LogP contribution in [0, 0.1) is 0 Å². The second-order valence-corrected chi connectivity index (χ2v) is 6.85. The van der Waals surface area contributed by atoms with Crippen molar-refractivity contribution in [2.75, 3.05) is 18.0 Å². The molecule has 2 aliphatic rings. The van der Waals surface area contributed by atoms with Gasteiger partial charge in [-0.1, -0.05) is 12.1 Å². The van der Waals surface area contributed by atoms with Gasteiger partial charge in [-0.15, -0.1) is 0 Å². The summed E-state index contributed by atoms with van der Waals surface area (Å²) in [7, 11) is 0. The van der Waals surface area contributed by atoms with Crippen LogP contribution in [0.5, 0.6) is 17.2 Å². The van der Waals surface area contributed by atoms with Gasteiger partial charge < -0.3 is 24.6 Å². The van der Waals surface area contributed by atoms with E-state index in [4.69, 9.17) is 4.42 Å². The number of benzene rings is 3. The van der Waals surface area contributed by atoms with Gasteiger partial charge in [0.2, 0.25) is 5.43 Å². The van der Waals surface area contributed by atoms with E-state index in [1.165, 1.54) is 24.3 Å². The molecule has 0 bridgehead atoms. The zero-order valence-corrected chi connectivity index (χ0v) is 16.1. The second-order valence-electron chi connectivity index (χ2n) is 6.85. The number of hydrogen-bond donors (Lipinski definition) is 3. The van der Waals surface area contributed by atoms with Gasteiger partial charge in [-0.25, -0.2) is 0 Å². The number of nitrogens with zero attached hydrogens (tertiary/aromatic N) is 1. The highest BCUT2D eigenvalue weighted by Crippen LogP contribution is 2.44. The molecule has 1 heterocycles. The van der Waals surface area contributed by atoms with Crippen molar-refractivity contribution in [1.29, 1.82) is 0 Å². The first-order valence-electron chi connectivity index (χ1n) is 9.43. The molecule has 0 atom stereocenters. The molecule has 0 radical (unpaired) electrons. The molecule has 0 saturated carbocycles. The first-order chi connectivity index (χ1) is 13.9. The summed E-state index contributed by atoms with van der Waals surface area (Å²) in [5, 5.41) is 30.5. The minimum Gasteiger partial charge on any atom is -0.504 e. The molecule has 3 N–H and O–H groups in total. The van der Waals surface area contributed by atoms with Crippen LogP contribution in [-0.2, 0) is 0 Å². The summed E-state index contributed by atoms with van der Waals surface area (Å²) in [6, 6.07) is 13.2. The van der Waals surface area contributed by atoms with Gasteiger partial charge in [0.1, 0.15) is 11.3 Å². The maximum absolute atomic E-state index is 11.9. The zero-order valence-electron chi connectivity index (χ0n) is 16.1. The molecule has 1 aliphatic heterocycles. The first kappa shape index (κ1) is 18.7. The molecule has 0 saturated heterocycles. The van der Waals surface area contributed by atoms with E-state index >= 15 is 0 Å². The summed E-state index contributed by atoms with van der Waals surface area (Å²) in [5.41, 5.74) is 2.91. The highest BCUT2D eigenvalue weighted by atomic mass is 16.3. The van der Waals surface area contributed by atoms with Gasteiger partial charge in [0.05, 0.1) is 0 Å². The standard InChI is InChI=1S/C23H21NO5/c1-3-24(4-2)14-7-5-13(6-8-14)23-15-9-17(25)19(27)11-21(15)29-22-12-20(28)18(26)10-16(22)23/h5-12,25-27H,3-4H2,1-2H3. The SMILES string of the molecule is CCN(CC)c1ccc(-c2c3cc(O)c(=O)cc-3oc3cc(O)c(O)cc23)cc1. The number of phenolic OH excluding ortho intramolecular Hbond substituents is 3. The molecule has 0 amide bonds. The van der Waals surface area contributed by atoms with E-state index in [2.05, 4.69) is 18.7 Å². The Bertz CT molecular complexity index is 1220. The molecule has 0 unspecified atom stereocenters. The summed E-state index contributed by atoms with van der Waals surface area (Å²) in [6.45, 7) is 5.96. The number of fused-ring (bicyclic) bond motifs is 2. The van der Waals surface area contributed by atoms with Crippen molar-refractivity contribution in [2.45, 2.75) is 13.8 Å². The molecule has 0 fully saturated rings. The maximum atomic E-state index is 11.9. The molecular formula is C23H21NO5. The summed E-state index contributed by atoms with van der Waals surface area (Å²) >= 11 is 0. The number of rotatable bonds is 4. The average Bonchev–Trinajstić information content (AvgIpc) is 2.70. The van der Waals surface area contributed by atoms with Crippen LogP contribution in [0.2, 0.25) is 0 Å². The highest BCUT2D eigenvalue weighted by Gasteiger charge is 2.20. The van der Waals surface area contributed by atoms with Crippen molar-refractivity contribution in [1.82, 2.24) is 0 Å². The second kappa shape index (κ2) is 7.05. The van der Waals surface area contributed by atoms with Crippen molar-refractivity contribution in [3.05, 3.63) is 58.8 Å². The fraction of sp³-hybridized carbons (Fsp3) is 0.174. The number of aromatic hydroxyl groups is 3. The minimum atomic E-state index is -0.550. The fourth-order valence-corrected chi connectivity index (χ4v) is 3.67. The van der Waals surface area contributed by atoms with E-state index in [-0.39, 0.29) is 23.0 Å². The van der Waals surface area contributed by atoms with Gasteiger partial charge in [-0.05, 0) is 43.7 Å². The summed E-state index contributed by atoms with van der Waals surface area (Å²) in [6.07, 6.45) is 0. The van der Waals surface area contributed by atoms with Crippen molar-refractivity contribution in [3.8, 4) is 39.7 Å². The third kappa shape index (κ3) is 3.12. The largest absolute Gasteiger partial charge is 0.504 e. The van der Waals surface area contributed by atoms with Gasteiger partial charge >= 0.3 is 0 Å². The molecule has 29 heavy (non-hydrogen) atoms. The van der Waals surface area contributed by atoms with Crippen molar-refractivity contribution in [3.63, 3.8) is 0 Å². The summed E-state index contributed by atoms with van der Waals surface area (Å²) in [4.78, 5) is 14.1. The summed E-state index contributed by atoms with van der Waals surface area (Å²) in [5.74, 6) is -0.688. The van der Waals surface area contributed by atoms with Crippen LogP contribution in [-0.4, -0.2) is 28.4 Å². The van der Waals surface area contributed by atoms with Gasteiger partial charge in [0.25, 0.3) is 0 Å². The zero-order chi connectivity index (χ0) is 20.7. The van der Waals surface area contributed by atoms with Gasteiger partial charge in [-0.2, -0.15) is 0 Å². The molecule has 6 nitrogen and oxygen atoms in total. The minimum absolute atomic E-state index is 0.280. The number of anilines is 1. The Morgan fingerprint density at radius 2 is 1.52 bits per heavy atom. The molecule has 0 aromatic heterocycles. The van der Waals surface area contributed by atoms with Crippen molar-refractivity contribution >= 4 is 16.7 Å². The van der Waals surface area contributed by atoms with Crippen LogP contribution in [0.4, 0.5) is 5.69 Å². The van der Waals surface area contributed by atoms with E-state index in [1.807, 2.05) is 24.3 Å².